The number of methoxy groups -OCH3 is 2. The average molecular weight is 331 g/mol. The number of thioether (sulfide) groups is 1. The Morgan fingerprint density at radius 3 is 2.43 bits per heavy atom. The number of ether oxygens (including phenoxy) is 2. The molecule has 0 bridgehead atoms. The van der Waals surface area contributed by atoms with Crippen molar-refractivity contribution in [3.05, 3.63) is 54.1 Å². The zero-order valence-corrected chi connectivity index (χ0v) is 14.4. The number of benzene rings is 2. The van der Waals surface area contributed by atoms with Gasteiger partial charge < -0.3 is 14.8 Å². The number of amides is 1. The molecule has 0 saturated heterocycles. The van der Waals surface area contributed by atoms with Crippen molar-refractivity contribution in [3.63, 3.8) is 0 Å². The highest BCUT2D eigenvalue weighted by Crippen LogP contribution is 2.33. The normalized spacial score (nSPS) is 11.6. The summed E-state index contributed by atoms with van der Waals surface area (Å²) in [5.74, 6) is 1.35. The third kappa shape index (κ3) is 4.93. The fourth-order valence-electron chi connectivity index (χ4n) is 2.08. The Labute approximate surface area is 141 Å². The van der Waals surface area contributed by atoms with E-state index in [4.69, 9.17) is 9.47 Å². The van der Waals surface area contributed by atoms with Gasteiger partial charge in [0.2, 0.25) is 5.91 Å². The lowest BCUT2D eigenvalue weighted by molar-refractivity contribution is -0.120. The van der Waals surface area contributed by atoms with Gasteiger partial charge in [-0.15, -0.1) is 11.8 Å². The van der Waals surface area contributed by atoms with Crippen LogP contribution in [0.3, 0.4) is 0 Å². The second-order valence-corrected chi connectivity index (χ2v) is 6.39. The Kier molecular flexibility index (Phi) is 6.35. The van der Waals surface area contributed by atoms with Gasteiger partial charge in [0.25, 0.3) is 0 Å². The molecule has 2 aromatic rings. The molecule has 0 aliphatic heterocycles. The summed E-state index contributed by atoms with van der Waals surface area (Å²) in [7, 11) is 3.20. The largest absolute Gasteiger partial charge is 0.493 e. The van der Waals surface area contributed by atoms with Crippen LogP contribution < -0.4 is 14.8 Å². The minimum Gasteiger partial charge on any atom is -0.493 e. The minimum absolute atomic E-state index is 0.00800. The maximum Gasteiger partial charge on any atom is 0.233 e. The third-order valence-electron chi connectivity index (χ3n) is 3.35. The monoisotopic (exact) mass is 331 g/mol. The van der Waals surface area contributed by atoms with Gasteiger partial charge in [-0.3, -0.25) is 4.79 Å². The van der Waals surface area contributed by atoms with Gasteiger partial charge in [0.1, 0.15) is 0 Å². The van der Waals surface area contributed by atoms with Crippen molar-refractivity contribution < 1.29 is 14.3 Å². The van der Waals surface area contributed by atoms with E-state index in [0.29, 0.717) is 18.0 Å². The predicted molar refractivity (Wildman–Crippen MR) is 93.2 cm³/mol. The number of carbonyl (C=O) groups excluding carboxylic acids is 1. The van der Waals surface area contributed by atoms with E-state index in [2.05, 4.69) is 5.32 Å². The van der Waals surface area contributed by atoms with Crippen LogP contribution in [0.5, 0.6) is 11.5 Å². The molecule has 0 spiro atoms. The molecule has 0 aromatic heterocycles. The van der Waals surface area contributed by atoms with Crippen LogP contribution in [0.2, 0.25) is 0 Å². The average Bonchev–Trinajstić information content (AvgIpc) is 2.60. The van der Waals surface area contributed by atoms with Gasteiger partial charge in [-0.1, -0.05) is 30.3 Å². The fraction of sp³-hybridized carbons (Fsp3) is 0.278. The molecule has 2 rings (SSSR count). The fourth-order valence-corrected chi connectivity index (χ4v) is 3.00. The van der Waals surface area contributed by atoms with E-state index in [-0.39, 0.29) is 11.2 Å². The van der Waals surface area contributed by atoms with Crippen LogP contribution >= 0.6 is 11.8 Å². The Morgan fingerprint density at radius 1 is 1.09 bits per heavy atom. The molecule has 2 aromatic carbocycles. The van der Waals surface area contributed by atoms with Gasteiger partial charge in [-0.05, 0) is 30.7 Å². The Morgan fingerprint density at radius 2 is 1.78 bits per heavy atom. The van der Waals surface area contributed by atoms with Crippen molar-refractivity contribution in [2.75, 3.05) is 14.2 Å². The highest BCUT2D eigenvalue weighted by atomic mass is 32.2. The second-order valence-electron chi connectivity index (χ2n) is 4.98. The zero-order valence-electron chi connectivity index (χ0n) is 13.5. The van der Waals surface area contributed by atoms with Crippen LogP contribution in [0, 0.1) is 0 Å². The van der Waals surface area contributed by atoms with E-state index < -0.39 is 0 Å². The number of hydrogen-bond donors (Lipinski definition) is 1. The molecule has 1 N–H and O–H groups in total. The van der Waals surface area contributed by atoms with Crippen LogP contribution in [0.15, 0.2) is 53.4 Å². The van der Waals surface area contributed by atoms with Crippen LogP contribution in [-0.2, 0) is 11.3 Å². The summed E-state index contributed by atoms with van der Waals surface area (Å²) < 4.78 is 10.5. The molecule has 0 radical (unpaired) electrons. The molecule has 0 aliphatic rings. The van der Waals surface area contributed by atoms with Crippen molar-refractivity contribution in [2.24, 2.45) is 0 Å². The molecule has 23 heavy (non-hydrogen) atoms. The van der Waals surface area contributed by atoms with Gasteiger partial charge in [-0.25, -0.2) is 0 Å². The quantitative estimate of drug-likeness (QED) is 0.789. The first-order chi connectivity index (χ1) is 11.1. The van der Waals surface area contributed by atoms with Crippen molar-refractivity contribution in [2.45, 2.75) is 23.6 Å². The van der Waals surface area contributed by atoms with E-state index >= 15 is 0 Å². The number of nitrogens with one attached hydrogen (secondary N) is 1. The second kappa shape index (κ2) is 8.48. The van der Waals surface area contributed by atoms with Gasteiger partial charge in [0.05, 0.1) is 19.5 Å². The Bertz CT molecular complexity index is 646. The van der Waals surface area contributed by atoms with Crippen molar-refractivity contribution >= 4 is 17.7 Å². The highest BCUT2D eigenvalue weighted by molar-refractivity contribution is 8.00. The molecule has 1 amide bonds. The lowest BCUT2D eigenvalue weighted by Gasteiger charge is -2.14. The molecular formula is C18H21NO3S. The summed E-state index contributed by atoms with van der Waals surface area (Å²) in [6.07, 6.45) is 0. The minimum atomic E-state index is -0.197. The molecule has 0 aliphatic carbocycles. The number of hydrogen-bond acceptors (Lipinski definition) is 4. The zero-order chi connectivity index (χ0) is 16.7. The smallest absolute Gasteiger partial charge is 0.233 e. The molecule has 122 valence electrons. The van der Waals surface area contributed by atoms with E-state index in [1.54, 1.807) is 14.2 Å². The maximum atomic E-state index is 12.2. The predicted octanol–water partition coefficient (Wildman–Crippen LogP) is 3.50. The number of carbonyl (C=O) groups is 1. The molecule has 0 unspecified atom stereocenters. The topological polar surface area (TPSA) is 47.6 Å². The van der Waals surface area contributed by atoms with Crippen molar-refractivity contribution in [3.8, 4) is 11.5 Å². The summed E-state index contributed by atoms with van der Waals surface area (Å²) in [6.45, 7) is 2.43. The summed E-state index contributed by atoms with van der Waals surface area (Å²) in [6, 6.07) is 15.5. The molecule has 0 heterocycles. The molecule has 0 saturated carbocycles. The van der Waals surface area contributed by atoms with Crippen LogP contribution in [0.25, 0.3) is 0 Å². The van der Waals surface area contributed by atoms with Crippen molar-refractivity contribution in [1.82, 2.24) is 5.32 Å². The summed E-state index contributed by atoms with van der Waals surface area (Å²) in [5.41, 5.74) is 1.09. The molecular weight excluding hydrogens is 310 g/mol. The first-order valence-electron chi connectivity index (χ1n) is 7.34. The summed E-state index contributed by atoms with van der Waals surface area (Å²) >= 11 is 1.49. The van der Waals surface area contributed by atoms with Gasteiger partial charge in [0.15, 0.2) is 11.5 Å². The van der Waals surface area contributed by atoms with Crippen LogP contribution in [-0.4, -0.2) is 25.4 Å². The maximum absolute atomic E-state index is 12.2. The first-order valence-corrected chi connectivity index (χ1v) is 8.22. The van der Waals surface area contributed by atoms with Crippen molar-refractivity contribution in [1.29, 1.82) is 0 Å². The standard InChI is InChI=1S/C18H21NO3S/c1-13(18(20)19-12-14-7-5-4-6-8-14)23-15-9-10-16(21-2)17(11-15)22-3/h4-11,13H,12H2,1-3H3,(H,19,20)/t13-/m1/s1. The summed E-state index contributed by atoms with van der Waals surface area (Å²) in [5, 5.41) is 2.76. The van der Waals surface area contributed by atoms with E-state index in [0.717, 1.165) is 10.5 Å². The number of rotatable bonds is 7. The van der Waals surface area contributed by atoms with E-state index in [1.807, 2.05) is 55.5 Å². The lowest BCUT2D eigenvalue weighted by Crippen LogP contribution is -2.30. The van der Waals surface area contributed by atoms with Gasteiger partial charge in [0, 0.05) is 11.4 Å². The molecule has 4 nitrogen and oxygen atoms in total. The Balaban J connectivity index is 1.93. The van der Waals surface area contributed by atoms with Crippen LogP contribution in [0.1, 0.15) is 12.5 Å². The SMILES string of the molecule is COc1ccc(S[C@H](C)C(=O)NCc2ccccc2)cc1OC. The highest BCUT2D eigenvalue weighted by Gasteiger charge is 2.15. The van der Waals surface area contributed by atoms with E-state index in [1.165, 1.54) is 11.8 Å². The third-order valence-corrected chi connectivity index (χ3v) is 4.44. The molecule has 5 heteroatoms. The summed E-state index contributed by atoms with van der Waals surface area (Å²) in [4.78, 5) is 13.2. The van der Waals surface area contributed by atoms with Crippen LogP contribution in [0.4, 0.5) is 0 Å². The Hall–Kier alpha value is -2.14. The van der Waals surface area contributed by atoms with E-state index in [9.17, 15) is 4.79 Å². The molecule has 1 atom stereocenters. The first kappa shape index (κ1) is 17.2. The van der Waals surface area contributed by atoms with Gasteiger partial charge in [-0.2, -0.15) is 0 Å². The van der Waals surface area contributed by atoms with Gasteiger partial charge >= 0.3 is 0 Å². The lowest BCUT2D eigenvalue weighted by atomic mass is 10.2. The molecule has 0 fully saturated rings.